The van der Waals surface area contributed by atoms with Crippen LogP contribution in [0.25, 0.3) is 21.8 Å². The van der Waals surface area contributed by atoms with Crippen LogP contribution < -0.4 is 30.1 Å². The van der Waals surface area contributed by atoms with E-state index in [1.165, 1.54) is 30.3 Å². The number of fused-ring (bicyclic) bond motifs is 2. The fourth-order valence-corrected chi connectivity index (χ4v) is 9.82. The van der Waals surface area contributed by atoms with Crippen LogP contribution in [-0.4, -0.2) is 94.0 Å². The lowest BCUT2D eigenvalue weighted by Crippen LogP contribution is -2.63. The number of hydrogen-bond donors (Lipinski definition) is 2. The zero-order valence-corrected chi connectivity index (χ0v) is 34.2. The number of likely N-dealkylation sites (tertiary alicyclic amines) is 1. The van der Waals surface area contributed by atoms with E-state index >= 15 is 8.78 Å². The van der Waals surface area contributed by atoms with E-state index in [9.17, 15) is 14.9 Å². The Bertz CT molecular complexity index is 2540. The predicted octanol–water partition coefficient (Wildman–Crippen LogP) is 6.63. The number of nitriles is 1. The second-order valence-corrected chi connectivity index (χ2v) is 17.5. The largest absolute Gasteiger partial charge is 0.453 e. The number of hydrogen-bond acceptors (Lipinski definition) is 11. The van der Waals surface area contributed by atoms with Crippen molar-refractivity contribution in [1.82, 2.24) is 33.9 Å². The van der Waals surface area contributed by atoms with Gasteiger partial charge in [-0.1, -0.05) is 6.92 Å². The van der Waals surface area contributed by atoms with Crippen molar-refractivity contribution in [3.63, 3.8) is 0 Å². The van der Waals surface area contributed by atoms with E-state index in [1.807, 2.05) is 31.4 Å². The number of urea groups is 1. The van der Waals surface area contributed by atoms with Gasteiger partial charge >= 0.3 is 6.03 Å². The van der Waals surface area contributed by atoms with Crippen molar-refractivity contribution in [3.8, 4) is 17.6 Å². The number of anilines is 3. The molecule has 14 nitrogen and oxygen atoms in total. The summed E-state index contributed by atoms with van der Waals surface area (Å²) >= 11 is 1.29. The normalized spacial score (nSPS) is 18.6. The van der Waals surface area contributed by atoms with Gasteiger partial charge in [0.05, 0.1) is 34.1 Å². The van der Waals surface area contributed by atoms with Gasteiger partial charge in [0.15, 0.2) is 17.4 Å². The van der Waals surface area contributed by atoms with E-state index in [-0.39, 0.29) is 45.9 Å². The highest BCUT2D eigenvalue weighted by atomic mass is 32.2. The number of piperidine rings is 1. The minimum absolute atomic E-state index is 0.0285. The summed E-state index contributed by atoms with van der Waals surface area (Å²) < 4.78 is 45.1. The van der Waals surface area contributed by atoms with E-state index in [0.29, 0.717) is 52.5 Å². The molecule has 5 heterocycles. The average Bonchev–Trinajstić information content (AvgIpc) is 3.53. The predicted molar refractivity (Wildman–Crippen MR) is 225 cm³/mol. The van der Waals surface area contributed by atoms with E-state index in [1.54, 1.807) is 38.7 Å². The van der Waals surface area contributed by atoms with Crippen LogP contribution in [0.4, 0.5) is 30.8 Å². The molecule has 0 bridgehead atoms. The Morgan fingerprint density at radius 3 is 2.61 bits per heavy atom. The van der Waals surface area contributed by atoms with Crippen molar-refractivity contribution >= 4 is 57.2 Å². The SMILES string of the molecule is CCN(C)SNc1ccc(F)c(Oc2ccc3ncn(C4CC5(C4)CN(CC4CCN(c6cc7c(cc6F)c(N6CCCNC6=O)nn7C)CC4)C5)c(=O)c3c2)c1C#N. The van der Waals surface area contributed by atoms with Crippen LogP contribution in [0.2, 0.25) is 0 Å². The minimum atomic E-state index is -0.681. The molecule has 4 fully saturated rings. The molecule has 4 aliphatic rings. The lowest BCUT2D eigenvalue weighted by atomic mass is 9.60. The molecule has 1 spiro atoms. The number of amides is 2. The quantitative estimate of drug-likeness (QED) is 0.139. The van der Waals surface area contributed by atoms with Gasteiger partial charge in [0.2, 0.25) is 0 Å². The summed E-state index contributed by atoms with van der Waals surface area (Å²) in [5.74, 6) is 0.0673. The van der Waals surface area contributed by atoms with Crippen molar-refractivity contribution in [1.29, 1.82) is 5.26 Å². The van der Waals surface area contributed by atoms with Crippen LogP contribution in [0, 0.1) is 34.3 Å². The zero-order chi connectivity index (χ0) is 41.0. The zero-order valence-electron chi connectivity index (χ0n) is 33.4. The van der Waals surface area contributed by atoms with Gasteiger partial charge in [0.1, 0.15) is 23.2 Å². The molecular formula is C42H47F2N11O3S. The van der Waals surface area contributed by atoms with Crippen LogP contribution in [0.1, 0.15) is 50.6 Å². The molecule has 5 aromatic rings. The number of rotatable bonds is 11. The van der Waals surface area contributed by atoms with Crippen molar-refractivity contribution < 1.29 is 18.3 Å². The molecule has 3 aliphatic heterocycles. The monoisotopic (exact) mass is 823 g/mol. The number of carbonyl (C=O) groups excluding carboxylic acids is 1. The maximum Gasteiger partial charge on any atom is 0.323 e. The summed E-state index contributed by atoms with van der Waals surface area (Å²) in [6, 6.07) is 12.9. The average molecular weight is 824 g/mol. The van der Waals surface area contributed by atoms with Crippen LogP contribution >= 0.6 is 12.1 Å². The number of aromatic nitrogens is 4. The van der Waals surface area contributed by atoms with Crippen LogP contribution in [0.15, 0.2) is 53.6 Å². The molecular weight excluding hydrogens is 777 g/mol. The Balaban J connectivity index is 0.796. The number of aryl methyl sites for hydroxylation is 1. The molecule has 17 heteroatoms. The number of carbonyl (C=O) groups is 1. The van der Waals surface area contributed by atoms with Crippen LogP contribution in [0.5, 0.6) is 11.5 Å². The summed E-state index contributed by atoms with van der Waals surface area (Å²) in [6.07, 6.45) is 6.17. The molecule has 2 N–H and O–H groups in total. The number of ether oxygens (including phenoxy) is 1. The van der Waals surface area contributed by atoms with Gasteiger partial charge in [-0.3, -0.25) is 18.9 Å². The third-order valence-electron chi connectivity index (χ3n) is 12.5. The first-order chi connectivity index (χ1) is 28.5. The second kappa shape index (κ2) is 15.6. The fraction of sp³-hybridized carbons (Fsp3) is 0.452. The number of nitrogens with one attached hydrogen (secondary N) is 2. The molecule has 3 aromatic carbocycles. The molecule has 308 valence electrons. The maximum atomic E-state index is 15.7. The summed E-state index contributed by atoms with van der Waals surface area (Å²) in [4.78, 5) is 37.1. The molecule has 2 aromatic heterocycles. The van der Waals surface area contributed by atoms with Crippen molar-refractivity contribution in [2.75, 3.05) is 73.9 Å². The molecule has 2 amide bonds. The lowest BCUT2D eigenvalue weighted by molar-refractivity contribution is -0.0956. The highest BCUT2D eigenvalue weighted by Crippen LogP contribution is 2.54. The van der Waals surface area contributed by atoms with E-state index in [4.69, 9.17) is 4.74 Å². The molecule has 3 saturated heterocycles. The highest BCUT2D eigenvalue weighted by molar-refractivity contribution is 7.98. The summed E-state index contributed by atoms with van der Waals surface area (Å²) in [5.41, 5.74) is 2.36. The third kappa shape index (κ3) is 7.31. The molecule has 0 atom stereocenters. The first-order valence-electron chi connectivity index (χ1n) is 20.3. The lowest BCUT2D eigenvalue weighted by Gasteiger charge is -2.60. The van der Waals surface area contributed by atoms with Gasteiger partial charge in [-0.25, -0.2) is 22.9 Å². The van der Waals surface area contributed by atoms with Crippen molar-refractivity contribution in [2.45, 2.75) is 45.1 Å². The highest BCUT2D eigenvalue weighted by Gasteiger charge is 2.53. The van der Waals surface area contributed by atoms with Gasteiger partial charge < -0.3 is 24.6 Å². The molecule has 0 unspecified atom stereocenters. The molecule has 59 heavy (non-hydrogen) atoms. The van der Waals surface area contributed by atoms with Gasteiger partial charge in [0.25, 0.3) is 5.56 Å². The Labute approximate surface area is 344 Å². The fourth-order valence-electron chi connectivity index (χ4n) is 9.27. The standard InChI is InChI=1S/C42H47F2N11O3S/c1-4-50(2)59-49-35-9-7-32(43)38(31(35)21-45)58-28-6-8-34-29(16-28)40(56)55(25-47-34)27-19-42(20-27)23-52(24-42)22-26-10-14-53(15-11-26)37-18-36-30(17-33(37)44)39(48-51(36)3)54-13-5-12-46-41(54)57/h6-9,16-18,25-27,49H,4-5,10-15,19-20,22-24H2,1-3H3,(H,46,57). The molecule has 9 rings (SSSR count). The Kier molecular flexibility index (Phi) is 10.3. The van der Waals surface area contributed by atoms with E-state index < -0.39 is 5.82 Å². The smallest absolute Gasteiger partial charge is 0.323 e. The van der Waals surface area contributed by atoms with Crippen LogP contribution in [0.3, 0.4) is 0 Å². The summed E-state index contributed by atoms with van der Waals surface area (Å²) in [6.45, 7) is 8.47. The first-order valence-corrected chi connectivity index (χ1v) is 21.0. The van der Waals surface area contributed by atoms with E-state index in [2.05, 4.69) is 36.0 Å². The van der Waals surface area contributed by atoms with Crippen molar-refractivity contribution in [3.05, 3.63) is 76.3 Å². The summed E-state index contributed by atoms with van der Waals surface area (Å²) in [5, 5.41) is 18.4. The molecule has 1 aliphatic carbocycles. The Morgan fingerprint density at radius 1 is 1.07 bits per heavy atom. The maximum absolute atomic E-state index is 15.7. The second-order valence-electron chi connectivity index (χ2n) is 16.5. The molecule has 0 radical (unpaired) electrons. The number of nitrogens with zero attached hydrogens (tertiary/aromatic N) is 9. The van der Waals surface area contributed by atoms with Gasteiger partial charge in [-0.05, 0) is 92.9 Å². The van der Waals surface area contributed by atoms with Crippen LogP contribution in [-0.2, 0) is 7.05 Å². The Morgan fingerprint density at radius 2 is 1.86 bits per heavy atom. The van der Waals surface area contributed by atoms with Crippen molar-refractivity contribution in [2.24, 2.45) is 18.4 Å². The third-order valence-corrected chi connectivity index (χ3v) is 13.4. The number of benzene rings is 3. The Hall–Kier alpha value is -5.44. The minimum Gasteiger partial charge on any atom is -0.453 e. The van der Waals surface area contributed by atoms with Gasteiger partial charge in [0, 0.05) is 83.0 Å². The van der Waals surface area contributed by atoms with Gasteiger partial charge in [-0.2, -0.15) is 10.4 Å². The first kappa shape index (κ1) is 39.0. The van der Waals surface area contributed by atoms with E-state index in [0.717, 1.165) is 76.9 Å². The molecule has 1 saturated carbocycles. The van der Waals surface area contributed by atoms with Gasteiger partial charge in [-0.15, -0.1) is 0 Å². The number of halogens is 2. The topological polar surface area (TPSA) is 140 Å². The summed E-state index contributed by atoms with van der Waals surface area (Å²) in [7, 11) is 3.73.